The summed E-state index contributed by atoms with van der Waals surface area (Å²) in [6.07, 6.45) is 4.91. The third kappa shape index (κ3) is 4.63. The number of hydrogen-bond donors (Lipinski definition) is 1. The minimum Gasteiger partial charge on any atom is -0.344 e. The number of hydrogen-bond acceptors (Lipinski definition) is 4. The van der Waals surface area contributed by atoms with E-state index in [-0.39, 0.29) is 5.91 Å². The Morgan fingerprint density at radius 3 is 3.00 bits per heavy atom. The van der Waals surface area contributed by atoms with Crippen molar-refractivity contribution in [2.24, 2.45) is 5.73 Å². The van der Waals surface area contributed by atoms with Gasteiger partial charge in [-0.05, 0) is 32.4 Å². The summed E-state index contributed by atoms with van der Waals surface area (Å²) < 4.78 is 0. The monoisotopic (exact) mass is 252 g/mol. The van der Waals surface area contributed by atoms with Crippen LogP contribution < -0.4 is 5.73 Å². The second-order valence-corrected chi connectivity index (χ2v) is 4.92. The van der Waals surface area contributed by atoms with Crippen LogP contribution in [0.4, 0.5) is 0 Å². The van der Waals surface area contributed by atoms with Gasteiger partial charge < -0.3 is 10.6 Å². The highest BCUT2D eigenvalue weighted by Gasteiger charge is 2.24. The molecule has 0 aliphatic carbocycles. The topological polar surface area (TPSA) is 73.4 Å². The first kappa shape index (κ1) is 14.9. The Hall–Kier alpha value is -1.12. The Balaban J connectivity index is 2.43. The third-order valence-electron chi connectivity index (χ3n) is 3.57. The molecule has 1 unspecified atom stereocenters. The highest BCUT2D eigenvalue weighted by atomic mass is 16.2. The van der Waals surface area contributed by atoms with Gasteiger partial charge in [-0.15, -0.1) is 0 Å². The van der Waals surface area contributed by atoms with Gasteiger partial charge in [0.1, 0.15) is 0 Å². The number of nitrogens with two attached hydrogens (primary N) is 1. The number of piperidine rings is 1. The van der Waals surface area contributed by atoms with E-state index < -0.39 is 0 Å². The summed E-state index contributed by atoms with van der Waals surface area (Å²) in [6.45, 7) is 2.65. The van der Waals surface area contributed by atoms with Crippen LogP contribution in [0.3, 0.4) is 0 Å². The minimum atomic E-state index is 0.106. The first-order chi connectivity index (χ1) is 8.69. The lowest BCUT2D eigenvalue weighted by Gasteiger charge is -2.35. The van der Waals surface area contributed by atoms with Crippen molar-refractivity contribution in [1.82, 2.24) is 9.80 Å². The smallest absolute Gasteiger partial charge is 0.236 e. The molecular formula is C13H24N4O. The SMILES string of the molecule is CN(CCC#N)C(=O)CN1CCCCC1CCN. The average Bonchev–Trinajstić information content (AvgIpc) is 2.38. The van der Waals surface area contributed by atoms with E-state index in [0.29, 0.717) is 32.1 Å². The van der Waals surface area contributed by atoms with Gasteiger partial charge in [0.2, 0.25) is 5.91 Å². The number of amides is 1. The van der Waals surface area contributed by atoms with E-state index >= 15 is 0 Å². The van der Waals surface area contributed by atoms with E-state index in [1.54, 1.807) is 11.9 Å². The van der Waals surface area contributed by atoms with Gasteiger partial charge in [-0.2, -0.15) is 5.26 Å². The first-order valence-corrected chi connectivity index (χ1v) is 6.74. The van der Waals surface area contributed by atoms with Crippen LogP contribution in [0.15, 0.2) is 0 Å². The molecule has 0 bridgehead atoms. The van der Waals surface area contributed by atoms with Crippen molar-refractivity contribution in [3.8, 4) is 6.07 Å². The van der Waals surface area contributed by atoms with Crippen LogP contribution in [-0.2, 0) is 4.79 Å². The van der Waals surface area contributed by atoms with Crippen molar-refractivity contribution in [1.29, 1.82) is 5.26 Å². The molecule has 0 aromatic carbocycles. The fraction of sp³-hybridized carbons (Fsp3) is 0.846. The molecule has 2 N–H and O–H groups in total. The van der Waals surface area contributed by atoms with Gasteiger partial charge in [0, 0.05) is 19.6 Å². The predicted molar refractivity (Wildman–Crippen MR) is 70.8 cm³/mol. The van der Waals surface area contributed by atoms with Gasteiger partial charge in [-0.3, -0.25) is 9.69 Å². The zero-order valence-electron chi connectivity index (χ0n) is 11.3. The number of carbonyl (C=O) groups excluding carboxylic acids is 1. The van der Waals surface area contributed by atoms with Crippen molar-refractivity contribution >= 4 is 5.91 Å². The lowest BCUT2D eigenvalue weighted by molar-refractivity contribution is -0.132. The quantitative estimate of drug-likeness (QED) is 0.749. The normalized spacial score (nSPS) is 20.4. The molecule has 0 aromatic heterocycles. The van der Waals surface area contributed by atoms with Gasteiger partial charge >= 0.3 is 0 Å². The van der Waals surface area contributed by atoms with Crippen molar-refractivity contribution in [2.75, 3.05) is 33.2 Å². The van der Waals surface area contributed by atoms with Crippen LogP contribution in [0, 0.1) is 11.3 Å². The molecule has 0 radical (unpaired) electrons. The molecule has 0 aromatic rings. The number of nitriles is 1. The van der Waals surface area contributed by atoms with Gasteiger partial charge in [0.25, 0.3) is 0 Å². The number of rotatable bonds is 6. The molecule has 1 aliphatic heterocycles. The molecular weight excluding hydrogens is 228 g/mol. The Morgan fingerprint density at radius 2 is 2.33 bits per heavy atom. The summed E-state index contributed by atoms with van der Waals surface area (Å²) in [5.41, 5.74) is 5.62. The Bertz CT molecular complexity index is 298. The van der Waals surface area contributed by atoms with Crippen molar-refractivity contribution < 1.29 is 4.79 Å². The van der Waals surface area contributed by atoms with E-state index in [1.165, 1.54) is 6.42 Å². The number of likely N-dealkylation sites (N-methyl/N-ethyl adjacent to an activating group) is 1. The maximum Gasteiger partial charge on any atom is 0.236 e. The van der Waals surface area contributed by atoms with Crippen molar-refractivity contribution in [3.05, 3.63) is 0 Å². The number of carbonyl (C=O) groups is 1. The van der Waals surface area contributed by atoms with E-state index in [9.17, 15) is 4.79 Å². The molecule has 1 atom stereocenters. The van der Waals surface area contributed by atoms with Crippen LogP contribution >= 0.6 is 0 Å². The molecule has 0 saturated carbocycles. The standard InChI is InChI=1S/C13H24N4O/c1-16(9-4-7-14)13(18)11-17-10-3-2-5-12(17)6-8-15/h12H,2-6,8-11,15H2,1H3. The van der Waals surface area contributed by atoms with Gasteiger partial charge in [0.15, 0.2) is 0 Å². The summed E-state index contributed by atoms with van der Waals surface area (Å²) in [5.74, 6) is 0.106. The highest BCUT2D eigenvalue weighted by molar-refractivity contribution is 5.78. The van der Waals surface area contributed by atoms with Crippen molar-refractivity contribution in [2.45, 2.75) is 38.1 Å². The van der Waals surface area contributed by atoms with E-state index in [0.717, 1.165) is 25.8 Å². The summed E-state index contributed by atoms with van der Waals surface area (Å²) >= 11 is 0. The van der Waals surface area contributed by atoms with Gasteiger partial charge in [-0.25, -0.2) is 0 Å². The summed E-state index contributed by atoms with van der Waals surface area (Å²) in [7, 11) is 1.77. The highest BCUT2D eigenvalue weighted by Crippen LogP contribution is 2.19. The Morgan fingerprint density at radius 1 is 1.56 bits per heavy atom. The van der Waals surface area contributed by atoms with Crippen LogP contribution in [0.1, 0.15) is 32.1 Å². The number of nitrogens with zero attached hydrogens (tertiary/aromatic N) is 3. The third-order valence-corrected chi connectivity index (χ3v) is 3.57. The molecule has 1 rings (SSSR count). The van der Waals surface area contributed by atoms with E-state index in [1.807, 2.05) is 0 Å². The maximum atomic E-state index is 12.0. The molecule has 18 heavy (non-hydrogen) atoms. The molecule has 1 saturated heterocycles. The lowest BCUT2D eigenvalue weighted by atomic mass is 9.99. The molecule has 1 heterocycles. The predicted octanol–water partition coefficient (Wildman–Crippen LogP) is 0.562. The van der Waals surface area contributed by atoms with Gasteiger partial charge in [-0.1, -0.05) is 6.42 Å². The molecule has 1 fully saturated rings. The maximum absolute atomic E-state index is 12.0. The first-order valence-electron chi connectivity index (χ1n) is 6.74. The zero-order valence-corrected chi connectivity index (χ0v) is 11.3. The van der Waals surface area contributed by atoms with Crippen LogP contribution in [0.2, 0.25) is 0 Å². The second-order valence-electron chi connectivity index (χ2n) is 4.92. The molecule has 102 valence electrons. The van der Waals surface area contributed by atoms with E-state index in [4.69, 9.17) is 11.0 Å². The summed E-state index contributed by atoms with van der Waals surface area (Å²) in [6, 6.07) is 2.52. The molecule has 0 spiro atoms. The fourth-order valence-electron chi connectivity index (χ4n) is 2.42. The van der Waals surface area contributed by atoms with Crippen LogP contribution in [-0.4, -0.2) is 55.0 Å². The molecule has 1 aliphatic rings. The average molecular weight is 252 g/mol. The van der Waals surface area contributed by atoms with E-state index in [2.05, 4.69) is 11.0 Å². The van der Waals surface area contributed by atoms with Gasteiger partial charge in [0.05, 0.1) is 19.0 Å². The second kappa shape index (κ2) is 8.06. The summed E-state index contributed by atoms with van der Waals surface area (Å²) in [5, 5.41) is 8.52. The molecule has 5 nitrogen and oxygen atoms in total. The minimum absolute atomic E-state index is 0.106. The summed E-state index contributed by atoms with van der Waals surface area (Å²) in [4.78, 5) is 15.9. The van der Waals surface area contributed by atoms with Crippen LogP contribution in [0.25, 0.3) is 0 Å². The molecule has 1 amide bonds. The largest absolute Gasteiger partial charge is 0.344 e. The zero-order chi connectivity index (χ0) is 13.4. The van der Waals surface area contributed by atoms with Crippen molar-refractivity contribution in [3.63, 3.8) is 0 Å². The number of likely N-dealkylation sites (tertiary alicyclic amines) is 1. The van der Waals surface area contributed by atoms with Crippen LogP contribution in [0.5, 0.6) is 0 Å². The lowest BCUT2D eigenvalue weighted by Crippen LogP contribution is -2.46. The molecule has 5 heteroatoms. The Kier molecular flexibility index (Phi) is 6.69. The fourth-order valence-corrected chi connectivity index (χ4v) is 2.42. The Labute approximate surface area is 110 Å².